The molecular weight excluding hydrogens is 591 g/mol. The zero-order chi connectivity index (χ0) is 34.1. The maximum Gasteiger partial charge on any atom is 0.0491 e. The Labute approximate surface area is 290 Å². The molecule has 0 unspecified atom stereocenters. The molecule has 0 atom stereocenters. The van der Waals surface area contributed by atoms with E-state index in [4.69, 9.17) is 0 Å². The first-order chi connectivity index (χ1) is 23.5. The summed E-state index contributed by atoms with van der Waals surface area (Å²) in [6.07, 6.45) is 0. The topological polar surface area (TPSA) is 4.93 Å². The van der Waals surface area contributed by atoms with Gasteiger partial charge in [-0.1, -0.05) is 151 Å². The van der Waals surface area contributed by atoms with Gasteiger partial charge in [-0.05, 0) is 108 Å². The van der Waals surface area contributed by atoms with Crippen molar-refractivity contribution in [3.8, 4) is 33.4 Å². The number of aryl methyl sites for hydroxylation is 1. The smallest absolute Gasteiger partial charge is 0.0491 e. The molecule has 0 aliphatic carbocycles. The minimum Gasteiger partial charge on any atom is -0.341 e. The van der Waals surface area contributed by atoms with Gasteiger partial charge >= 0.3 is 0 Å². The van der Waals surface area contributed by atoms with Crippen LogP contribution in [0.3, 0.4) is 0 Å². The quantitative estimate of drug-likeness (QED) is 0.170. The lowest BCUT2D eigenvalue weighted by Gasteiger charge is -2.27. The van der Waals surface area contributed by atoms with Crippen LogP contribution in [-0.2, 0) is 17.4 Å². The molecule has 0 radical (unpaired) electrons. The molecule has 0 aliphatic rings. The van der Waals surface area contributed by atoms with E-state index in [0.717, 1.165) is 6.54 Å². The van der Waals surface area contributed by atoms with Crippen molar-refractivity contribution in [2.45, 2.75) is 65.8 Å². The highest BCUT2D eigenvalue weighted by Crippen LogP contribution is 2.46. The van der Waals surface area contributed by atoms with E-state index in [1.54, 1.807) is 0 Å². The Balaban J connectivity index is 1.37. The molecule has 7 aromatic carbocycles. The fraction of sp³-hybridized carbons (Fsp3) is 0.208. The molecule has 0 N–H and O–H groups in total. The van der Waals surface area contributed by atoms with E-state index in [1.165, 1.54) is 87.9 Å². The van der Waals surface area contributed by atoms with Crippen LogP contribution in [0.25, 0.3) is 76.7 Å². The number of hydrogen-bond donors (Lipinski definition) is 0. The minimum absolute atomic E-state index is 0.0382. The normalized spacial score (nSPS) is 12.5. The van der Waals surface area contributed by atoms with Crippen molar-refractivity contribution in [3.63, 3.8) is 0 Å². The Morgan fingerprint density at radius 3 is 1.41 bits per heavy atom. The third-order valence-electron chi connectivity index (χ3n) is 10.5. The summed E-state index contributed by atoms with van der Waals surface area (Å²) in [7, 11) is 0. The number of hydrogen-bond acceptors (Lipinski definition) is 0. The van der Waals surface area contributed by atoms with E-state index < -0.39 is 0 Å². The number of nitrogens with zero attached hydrogens (tertiary/aromatic N) is 1. The summed E-state index contributed by atoms with van der Waals surface area (Å²) < 4.78 is 2.42. The highest BCUT2D eigenvalue weighted by atomic mass is 15.0. The Morgan fingerprint density at radius 2 is 0.857 bits per heavy atom. The molecule has 0 saturated heterocycles. The van der Waals surface area contributed by atoms with Gasteiger partial charge in [0.15, 0.2) is 0 Å². The second-order valence-corrected chi connectivity index (χ2v) is 15.7. The van der Waals surface area contributed by atoms with Gasteiger partial charge in [-0.15, -0.1) is 0 Å². The van der Waals surface area contributed by atoms with E-state index in [9.17, 15) is 0 Å². The lowest BCUT2D eigenvalue weighted by Crippen LogP contribution is -2.16. The van der Waals surface area contributed by atoms with Crippen molar-refractivity contribution >= 4 is 43.4 Å². The van der Waals surface area contributed by atoms with Gasteiger partial charge in [-0.3, -0.25) is 0 Å². The molecule has 0 fully saturated rings. The second-order valence-electron chi connectivity index (χ2n) is 15.7. The van der Waals surface area contributed by atoms with Crippen LogP contribution in [0.2, 0.25) is 0 Å². The maximum atomic E-state index is 2.44. The van der Waals surface area contributed by atoms with Gasteiger partial charge in [0.2, 0.25) is 0 Å². The van der Waals surface area contributed by atoms with Gasteiger partial charge in [0.1, 0.15) is 0 Å². The van der Waals surface area contributed by atoms with Gasteiger partial charge in [0, 0.05) is 28.4 Å². The summed E-state index contributed by atoms with van der Waals surface area (Å²) in [4.78, 5) is 0. The summed E-state index contributed by atoms with van der Waals surface area (Å²) in [5, 5.41) is 7.78. The van der Waals surface area contributed by atoms with Crippen molar-refractivity contribution in [1.82, 2.24) is 4.57 Å². The highest BCUT2D eigenvalue weighted by molar-refractivity contribution is 6.21. The molecule has 8 aromatic rings. The zero-order valence-electron chi connectivity index (χ0n) is 29.9. The molecule has 0 saturated carbocycles. The van der Waals surface area contributed by atoms with Crippen LogP contribution < -0.4 is 0 Å². The van der Waals surface area contributed by atoms with Crippen molar-refractivity contribution in [3.05, 3.63) is 145 Å². The van der Waals surface area contributed by atoms with Crippen molar-refractivity contribution in [1.29, 1.82) is 0 Å². The number of para-hydroxylation sites is 1. The number of rotatable bonds is 4. The number of aromatic nitrogens is 1. The monoisotopic (exact) mass is 635 g/mol. The first-order valence-corrected chi connectivity index (χ1v) is 17.7. The van der Waals surface area contributed by atoms with Crippen LogP contribution in [0.4, 0.5) is 0 Å². The molecule has 1 heteroatoms. The molecule has 0 amide bonds. The van der Waals surface area contributed by atoms with E-state index in [1.807, 2.05) is 0 Å². The average Bonchev–Trinajstić information content (AvgIpc) is 3.42. The lowest BCUT2D eigenvalue weighted by molar-refractivity contribution is 0.569. The minimum atomic E-state index is 0.0382. The van der Waals surface area contributed by atoms with Gasteiger partial charge in [0.05, 0.1) is 0 Å². The standard InChI is InChI=1S/C48H45N/c1-8-49-43-23-14-13-18-37(43)42-29-32(24-25-44(42)49)31-16-15-17-33(26-31)45-38-19-9-11-21-40(38)46(41-22-12-10-20-39(41)45)34-27-35(47(2,3)4)30-36(28-34)48(5,6)7/h9-30H,8H2,1-7H3. The molecule has 49 heavy (non-hydrogen) atoms. The average molecular weight is 636 g/mol. The summed E-state index contributed by atoms with van der Waals surface area (Å²) in [6.45, 7) is 17.1. The first-order valence-electron chi connectivity index (χ1n) is 17.7. The lowest BCUT2D eigenvalue weighted by atomic mass is 9.77. The van der Waals surface area contributed by atoms with Crippen LogP contribution in [0.1, 0.15) is 59.6 Å². The van der Waals surface area contributed by atoms with Crippen molar-refractivity contribution in [2.75, 3.05) is 0 Å². The molecule has 1 aromatic heterocycles. The van der Waals surface area contributed by atoms with Crippen LogP contribution >= 0.6 is 0 Å². The maximum absolute atomic E-state index is 2.44. The molecule has 0 bridgehead atoms. The van der Waals surface area contributed by atoms with Crippen molar-refractivity contribution < 1.29 is 0 Å². The van der Waals surface area contributed by atoms with Crippen LogP contribution in [0.5, 0.6) is 0 Å². The number of fused-ring (bicyclic) bond motifs is 5. The molecule has 242 valence electrons. The van der Waals surface area contributed by atoms with Gasteiger partial charge in [-0.25, -0.2) is 0 Å². The third kappa shape index (κ3) is 5.24. The third-order valence-corrected chi connectivity index (χ3v) is 10.5. The summed E-state index contributed by atoms with van der Waals surface area (Å²) in [5.74, 6) is 0. The predicted octanol–water partition coefficient (Wildman–Crippen LogP) is 13.7. The Bertz CT molecular complexity index is 2460. The summed E-state index contributed by atoms with van der Waals surface area (Å²) >= 11 is 0. The van der Waals surface area contributed by atoms with Crippen LogP contribution in [0, 0.1) is 0 Å². The summed E-state index contributed by atoms with van der Waals surface area (Å²) in [6, 6.07) is 50.3. The molecular formula is C48H45N. The Hall–Kier alpha value is -5.14. The SMILES string of the molecule is CCn1c2ccccc2c2cc(-c3cccc(-c4c5ccccc5c(-c5cc(C(C)(C)C)cc(C(C)(C)C)c5)c5ccccc45)c3)ccc21. The summed E-state index contributed by atoms with van der Waals surface area (Å²) in [5.41, 5.74) is 13.0. The predicted molar refractivity (Wildman–Crippen MR) is 214 cm³/mol. The Kier molecular flexibility index (Phi) is 7.30. The zero-order valence-corrected chi connectivity index (χ0v) is 29.9. The molecule has 8 rings (SSSR count). The van der Waals surface area contributed by atoms with Gasteiger partial charge < -0.3 is 4.57 Å². The van der Waals surface area contributed by atoms with Gasteiger partial charge in [0.25, 0.3) is 0 Å². The largest absolute Gasteiger partial charge is 0.341 e. The molecule has 0 spiro atoms. The van der Waals surface area contributed by atoms with Crippen LogP contribution in [-0.4, -0.2) is 4.57 Å². The van der Waals surface area contributed by atoms with E-state index >= 15 is 0 Å². The molecule has 1 nitrogen and oxygen atoms in total. The van der Waals surface area contributed by atoms with Crippen LogP contribution in [0.15, 0.2) is 133 Å². The van der Waals surface area contributed by atoms with E-state index in [2.05, 4.69) is 186 Å². The second kappa shape index (κ2) is 11.5. The van der Waals surface area contributed by atoms with E-state index in [0.29, 0.717) is 0 Å². The van der Waals surface area contributed by atoms with Gasteiger partial charge in [-0.2, -0.15) is 0 Å². The molecule has 1 heterocycles. The first kappa shape index (κ1) is 31.1. The Morgan fingerprint density at radius 1 is 0.388 bits per heavy atom. The fourth-order valence-electron chi connectivity index (χ4n) is 7.82. The number of benzene rings is 7. The van der Waals surface area contributed by atoms with Crippen molar-refractivity contribution in [2.24, 2.45) is 0 Å². The fourth-order valence-corrected chi connectivity index (χ4v) is 7.82. The van der Waals surface area contributed by atoms with E-state index in [-0.39, 0.29) is 10.8 Å². The highest BCUT2D eigenvalue weighted by Gasteiger charge is 2.23. The molecule has 0 aliphatic heterocycles.